The summed E-state index contributed by atoms with van der Waals surface area (Å²) in [5.74, 6) is -0.149. The SMILES string of the molecule is C=C(C)C(=O)NCC(OCCCCC)OCCCCC. The highest BCUT2D eigenvalue weighted by molar-refractivity contribution is 5.92. The van der Waals surface area contributed by atoms with Crippen LogP contribution >= 0.6 is 0 Å². The molecule has 0 aliphatic heterocycles. The molecule has 0 aromatic heterocycles. The molecule has 0 aromatic rings. The predicted octanol–water partition coefficient (Wildman–Crippen LogP) is 3.42. The summed E-state index contributed by atoms with van der Waals surface area (Å²) in [5, 5.41) is 2.78. The van der Waals surface area contributed by atoms with Crippen LogP contribution in [0.5, 0.6) is 0 Å². The Balaban J connectivity index is 3.96. The minimum atomic E-state index is -0.355. The van der Waals surface area contributed by atoms with Crippen LogP contribution in [0.15, 0.2) is 12.2 Å². The van der Waals surface area contributed by atoms with Crippen molar-refractivity contribution in [3.63, 3.8) is 0 Å². The lowest BCUT2D eigenvalue weighted by Crippen LogP contribution is -2.36. The van der Waals surface area contributed by atoms with Gasteiger partial charge in [-0.2, -0.15) is 0 Å². The third-order valence-electron chi connectivity index (χ3n) is 2.92. The van der Waals surface area contributed by atoms with Crippen molar-refractivity contribution in [2.75, 3.05) is 19.8 Å². The van der Waals surface area contributed by atoms with Crippen LogP contribution in [0, 0.1) is 0 Å². The van der Waals surface area contributed by atoms with Gasteiger partial charge in [0, 0.05) is 18.8 Å². The lowest BCUT2D eigenvalue weighted by atomic mass is 10.3. The van der Waals surface area contributed by atoms with Crippen LogP contribution < -0.4 is 5.32 Å². The highest BCUT2D eigenvalue weighted by Crippen LogP contribution is 2.02. The molecule has 0 rings (SSSR count). The van der Waals surface area contributed by atoms with Gasteiger partial charge in [0.2, 0.25) is 5.91 Å². The van der Waals surface area contributed by atoms with E-state index in [2.05, 4.69) is 25.7 Å². The van der Waals surface area contributed by atoms with E-state index >= 15 is 0 Å². The Hall–Kier alpha value is -0.870. The van der Waals surface area contributed by atoms with Crippen molar-refractivity contribution >= 4 is 5.91 Å². The molecule has 0 radical (unpaired) electrons. The number of nitrogens with one attached hydrogen (secondary N) is 1. The van der Waals surface area contributed by atoms with Crippen molar-refractivity contribution in [3.05, 3.63) is 12.2 Å². The van der Waals surface area contributed by atoms with Crippen molar-refractivity contribution in [1.29, 1.82) is 0 Å². The summed E-state index contributed by atoms with van der Waals surface area (Å²) in [5.41, 5.74) is 0.501. The number of rotatable bonds is 13. The average molecular weight is 285 g/mol. The molecule has 0 aliphatic carbocycles. The van der Waals surface area contributed by atoms with Gasteiger partial charge in [-0.15, -0.1) is 0 Å². The van der Waals surface area contributed by atoms with Gasteiger partial charge in [-0.1, -0.05) is 46.1 Å². The van der Waals surface area contributed by atoms with Gasteiger partial charge in [0.1, 0.15) is 0 Å². The molecule has 0 aromatic carbocycles. The van der Waals surface area contributed by atoms with Gasteiger partial charge in [-0.3, -0.25) is 4.79 Å². The van der Waals surface area contributed by atoms with Gasteiger partial charge >= 0.3 is 0 Å². The van der Waals surface area contributed by atoms with E-state index in [0.717, 1.165) is 38.5 Å². The van der Waals surface area contributed by atoms with Gasteiger partial charge in [0.25, 0.3) is 0 Å². The van der Waals surface area contributed by atoms with Gasteiger partial charge in [0.05, 0.1) is 6.54 Å². The van der Waals surface area contributed by atoms with Gasteiger partial charge in [0.15, 0.2) is 6.29 Å². The molecule has 0 fully saturated rings. The molecule has 4 nitrogen and oxygen atoms in total. The third kappa shape index (κ3) is 11.0. The standard InChI is InChI=1S/C16H31NO3/c1-5-7-9-11-19-15(20-12-10-8-6-2)13-17-16(18)14(3)4/h15H,3,5-13H2,1-2,4H3,(H,17,18). The van der Waals surface area contributed by atoms with Crippen LogP contribution in [-0.4, -0.2) is 32.0 Å². The summed E-state index contributed by atoms with van der Waals surface area (Å²) < 4.78 is 11.4. The van der Waals surface area contributed by atoms with Gasteiger partial charge in [-0.25, -0.2) is 0 Å². The summed E-state index contributed by atoms with van der Waals surface area (Å²) >= 11 is 0. The molecule has 1 N–H and O–H groups in total. The Morgan fingerprint density at radius 1 is 1.05 bits per heavy atom. The van der Waals surface area contributed by atoms with Crippen molar-refractivity contribution in [2.24, 2.45) is 0 Å². The molecular formula is C16H31NO3. The Morgan fingerprint density at radius 3 is 1.95 bits per heavy atom. The molecule has 0 saturated heterocycles. The zero-order valence-corrected chi connectivity index (χ0v) is 13.4. The number of carbonyl (C=O) groups excluding carboxylic acids is 1. The Bertz CT molecular complexity index is 254. The third-order valence-corrected chi connectivity index (χ3v) is 2.92. The first-order chi connectivity index (χ1) is 9.61. The number of unbranched alkanes of at least 4 members (excludes halogenated alkanes) is 4. The van der Waals surface area contributed by atoms with E-state index in [1.54, 1.807) is 6.92 Å². The molecule has 20 heavy (non-hydrogen) atoms. The topological polar surface area (TPSA) is 47.6 Å². The average Bonchev–Trinajstić information content (AvgIpc) is 2.43. The zero-order valence-electron chi connectivity index (χ0n) is 13.4. The summed E-state index contributed by atoms with van der Waals surface area (Å²) in [4.78, 5) is 11.5. The maximum Gasteiger partial charge on any atom is 0.246 e. The highest BCUT2D eigenvalue weighted by Gasteiger charge is 2.11. The van der Waals surface area contributed by atoms with Crippen molar-refractivity contribution < 1.29 is 14.3 Å². The summed E-state index contributed by atoms with van der Waals surface area (Å²) in [7, 11) is 0. The fraction of sp³-hybridized carbons (Fsp3) is 0.812. The Morgan fingerprint density at radius 2 is 1.55 bits per heavy atom. The lowest BCUT2D eigenvalue weighted by Gasteiger charge is -2.19. The Kier molecular flexibility index (Phi) is 12.6. The maximum atomic E-state index is 11.5. The monoisotopic (exact) mass is 285 g/mol. The number of ether oxygens (including phenoxy) is 2. The summed E-state index contributed by atoms with van der Waals surface area (Å²) in [6.07, 6.45) is 6.34. The number of amides is 1. The normalized spacial score (nSPS) is 10.8. The molecule has 0 aliphatic rings. The smallest absolute Gasteiger partial charge is 0.246 e. The minimum Gasteiger partial charge on any atom is -0.351 e. The van der Waals surface area contributed by atoms with Crippen LogP contribution in [-0.2, 0) is 14.3 Å². The predicted molar refractivity (Wildman–Crippen MR) is 82.6 cm³/mol. The first kappa shape index (κ1) is 19.1. The molecule has 0 heterocycles. The number of carbonyl (C=O) groups is 1. The molecule has 0 bridgehead atoms. The minimum absolute atomic E-state index is 0.149. The van der Waals surface area contributed by atoms with E-state index in [4.69, 9.17) is 9.47 Å². The van der Waals surface area contributed by atoms with E-state index in [0.29, 0.717) is 25.3 Å². The number of hydrogen-bond donors (Lipinski definition) is 1. The fourth-order valence-electron chi connectivity index (χ4n) is 1.63. The van der Waals surface area contributed by atoms with Crippen LogP contribution in [0.1, 0.15) is 59.3 Å². The van der Waals surface area contributed by atoms with Crippen LogP contribution in [0.3, 0.4) is 0 Å². The van der Waals surface area contributed by atoms with Crippen molar-refractivity contribution in [2.45, 2.75) is 65.6 Å². The first-order valence-corrected chi connectivity index (χ1v) is 7.78. The van der Waals surface area contributed by atoms with E-state index in [1.807, 2.05) is 0 Å². The lowest BCUT2D eigenvalue weighted by molar-refractivity contribution is -0.145. The van der Waals surface area contributed by atoms with E-state index < -0.39 is 0 Å². The number of hydrogen-bond acceptors (Lipinski definition) is 3. The van der Waals surface area contributed by atoms with E-state index in [-0.39, 0.29) is 12.2 Å². The van der Waals surface area contributed by atoms with Crippen LogP contribution in [0.2, 0.25) is 0 Å². The van der Waals surface area contributed by atoms with Crippen molar-refractivity contribution in [3.8, 4) is 0 Å². The molecule has 1 amide bonds. The molecule has 0 spiro atoms. The quantitative estimate of drug-likeness (QED) is 0.320. The second kappa shape index (κ2) is 13.1. The molecule has 0 saturated carbocycles. The molecule has 0 atom stereocenters. The highest BCUT2D eigenvalue weighted by atomic mass is 16.7. The van der Waals surface area contributed by atoms with Gasteiger partial charge < -0.3 is 14.8 Å². The second-order valence-corrected chi connectivity index (χ2v) is 5.08. The van der Waals surface area contributed by atoms with Crippen molar-refractivity contribution in [1.82, 2.24) is 5.32 Å². The zero-order chi connectivity index (χ0) is 15.2. The molecular weight excluding hydrogens is 254 g/mol. The van der Waals surface area contributed by atoms with Gasteiger partial charge in [-0.05, 0) is 19.8 Å². The van der Waals surface area contributed by atoms with E-state index in [1.165, 1.54) is 0 Å². The largest absolute Gasteiger partial charge is 0.351 e. The van der Waals surface area contributed by atoms with E-state index in [9.17, 15) is 4.79 Å². The second-order valence-electron chi connectivity index (χ2n) is 5.08. The summed E-state index contributed by atoms with van der Waals surface area (Å²) in [6, 6.07) is 0. The van der Waals surface area contributed by atoms with Crippen LogP contribution in [0.4, 0.5) is 0 Å². The first-order valence-electron chi connectivity index (χ1n) is 7.78. The molecule has 0 unspecified atom stereocenters. The molecule has 118 valence electrons. The Labute approximate surface area is 123 Å². The van der Waals surface area contributed by atoms with Crippen LogP contribution in [0.25, 0.3) is 0 Å². The fourth-order valence-corrected chi connectivity index (χ4v) is 1.63. The summed E-state index contributed by atoms with van der Waals surface area (Å²) in [6.45, 7) is 11.3. The molecule has 4 heteroatoms. The maximum absolute atomic E-state index is 11.5.